The third-order valence-corrected chi connectivity index (χ3v) is 4.92. The van der Waals surface area contributed by atoms with Crippen molar-refractivity contribution in [3.05, 3.63) is 58.1 Å². The van der Waals surface area contributed by atoms with E-state index in [9.17, 15) is 8.42 Å². The van der Waals surface area contributed by atoms with Crippen molar-refractivity contribution in [3.63, 3.8) is 0 Å². The summed E-state index contributed by atoms with van der Waals surface area (Å²) in [5.41, 5.74) is 6.82. The van der Waals surface area contributed by atoms with Crippen LogP contribution in [0.4, 0.5) is 5.69 Å². The molecule has 4 nitrogen and oxygen atoms in total. The van der Waals surface area contributed by atoms with Crippen LogP contribution in [0.3, 0.4) is 0 Å². The average Bonchev–Trinajstić information content (AvgIpc) is 2.41. The molecule has 0 unspecified atom stereocenters. The van der Waals surface area contributed by atoms with Gasteiger partial charge < -0.3 is 5.73 Å². The summed E-state index contributed by atoms with van der Waals surface area (Å²) in [5, 5.41) is 1.06. The van der Waals surface area contributed by atoms with Crippen molar-refractivity contribution in [1.29, 1.82) is 0 Å². The molecule has 0 aliphatic heterocycles. The van der Waals surface area contributed by atoms with Crippen molar-refractivity contribution >= 4 is 38.9 Å². The van der Waals surface area contributed by atoms with Gasteiger partial charge in [-0.2, -0.15) is 0 Å². The Bertz CT molecular complexity index is 748. The number of nitrogens with two attached hydrogens (primary N) is 1. The second-order valence-electron chi connectivity index (χ2n) is 4.46. The quantitative estimate of drug-likeness (QED) is 0.818. The maximum absolute atomic E-state index is 12.1. The summed E-state index contributed by atoms with van der Waals surface area (Å²) < 4.78 is 26.7. The zero-order valence-electron chi connectivity index (χ0n) is 11.0. The summed E-state index contributed by atoms with van der Waals surface area (Å²) in [6.07, 6.45) is 0.470. The van der Waals surface area contributed by atoms with E-state index in [1.54, 1.807) is 30.3 Å². The summed E-state index contributed by atoms with van der Waals surface area (Å²) in [7, 11) is -3.57. The van der Waals surface area contributed by atoms with Crippen LogP contribution in [-0.4, -0.2) is 15.0 Å². The van der Waals surface area contributed by atoms with E-state index in [0.717, 1.165) is 5.56 Å². The minimum atomic E-state index is -3.57. The highest BCUT2D eigenvalue weighted by Gasteiger charge is 2.13. The van der Waals surface area contributed by atoms with Crippen molar-refractivity contribution in [2.45, 2.75) is 11.3 Å². The van der Waals surface area contributed by atoms with Gasteiger partial charge in [0.15, 0.2) is 0 Å². The number of sulfonamides is 1. The van der Waals surface area contributed by atoms with Gasteiger partial charge in [-0.25, -0.2) is 13.1 Å². The summed E-state index contributed by atoms with van der Waals surface area (Å²) in [5.74, 6) is 0. The maximum atomic E-state index is 12.1. The molecule has 0 amide bonds. The number of rotatable bonds is 5. The Morgan fingerprint density at radius 2 is 1.86 bits per heavy atom. The Hall–Kier alpha value is -1.27. The van der Waals surface area contributed by atoms with Crippen LogP contribution in [0.1, 0.15) is 5.56 Å². The predicted octanol–water partition coefficient (Wildman–Crippen LogP) is 3.10. The highest BCUT2D eigenvalue weighted by molar-refractivity contribution is 7.89. The lowest BCUT2D eigenvalue weighted by molar-refractivity contribution is 0.581. The number of hydrogen-bond donors (Lipinski definition) is 2. The van der Waals surface area contributed by atoms with Gasteiger partial charge in [0.05, 0.1) is 4.90 Å². The molecule has 21 heavy (non-hydrogen) atoms. The number of anilines is 1. The van der Waals surface area contributed by atoms with Crippen molar-refractivity contribution in [1.82, 2.24) is 4.72 Å². The van der Waals surface area contributed by atoms with E-state index < -0.39 is 10.0 Å². The van der Waals surface area contributed by atoms with E-state index in [1.165, 1.54) is 12.1 Å². The zero-order valence-corrected chi connectivity index (χ0v) is 13.3. The molecule has 2 aromatic carbocycles. The molecule has 0 saturated heterocycles. The molecule has 3 N–H and O–H groups in total. The fourth-order valence-electron chi connectivity index (χ4n) is 1.81. The Morgan fingerprint density at radius 3 is 2.52 bits per heavy atom. The van der Waals surface area contributed by atoms with Crippen LogP contribution in [0.15, 0.2) is 47.4 Å². The highest BCUT2D eigenvalue weighted by atomic mass is 35.5. The lowest BCUT2D eigenvalue weighted by Gasteiger charge is -2.08. The van der Waals surface area contributed by atoms with Gasteiger partial charge in [-0.3, -0.25) is 0 Å². The second-order valence-corrected chi connectivity index (χ2v) is 7.07. The van der Waals surface area contributed by atoms with Crippen LogP contribution in [0, 0.1) is 0 Å². The molecule has 0 aliphatic carbocycles. The first-order valence-corrected chi connectivity index (χ1v) is 8.41. The first-order chi connectivity index (χ1) is 9.88. The SMILES string of the molecule is Nc1cccc(S(=O)(=O)NCCc2ccc(Cl)cc2Cl)c1. The number of halogens is 2. The average molecular weight is 345 g/mol. The predicted molar refractivity (Wildman–Crippen MR) is 86.2 cm³/mol. The normalized spacial score (nSPS) is 11.5. The standard InChI is InChI=1S/C14H14Cl2N2O2S/c15-11-5-4-10(14(16)8-11)6-7-18-21(19,20)13-3-1-2-12(17)9-13/h1-5,8-9,18H,6-7,17H2. The van der Waals surface area contributed by atoms with E-state index >= 15 is 0 Å². The Kier molecular flexibility index (Phi) is 5.11. The summed E-state index contributed by atoms with van der Waals surface area (Å²) in [6, 6.07) is 11.3. The van der Waals surface area contributed by atoms with Crippen molar-refractivity contribution in [2.75, 3.05) is 12.3 Å². The third kappa shape index (κ3) is 4.35. The van der Waals surface area contributed by atoms with Crippen LogP contribution in [0.25, 0.3) is 0 Å². The zero-order chi connectivity index (χ0) is 15.5. The molecule has 2 rings (SSSR count). The summed E-state index contributed by atoms with van der Waals surface area (Å²) in [6.45, 7) is 0.235. The minimum absolute atomic E-state index is 0.143. The fourth-order valence-corrected chi connectivity index (χ4v) is 3.40. The second kappa shape index (κ2) is 6.66. The Labute approximate surface area is 133 Å². The van der Waals surface area contributed by atoms with E-state index in [1.807, 2.05) is 0 Å². The number of nitrogens with one attached hydrogen (secondary N) is 1. The number of hydrogen-bond acceptors (Lipinski definition) is 3. The van der Waals surface area contributed by atoms with Crippen molar-refractivity contribution in [2.24, 2.45) is 0 Å². The van der Waals surface area contributed by atoms with E-state index in [0.29, 0.717) is 22.2 Å². The van der Waals surface area contributed by atoms with E-state index in [2.05, 4.69) is 4.72 Å². The molecule has 0 radical (unpaired) electrons. The largest absolute Gasteiger partial charge is 0.399 e. The van der Waals surface area contributed by atoms with E-state index in [4.69, 9.17) is 28.9 Å². The van der Waals surface area contributed by atoms with Gasteiger partial charge in [0.1, 0.15) is 0 Å². The van der Waals surface area contributed by atoms with E-state index in [-0.39, 0.29) is 11.4 Å². The molecule has 112 valence electrons. The molecule has 7 heteroatoms. The van der Waals surface area contributed by atoms with Crippen LogP contribution in [-0.2, 0) is 16.4 Å². The van der Waals surface area contributed by atoms with Gasteiger partial charge in [-0.15, -0.1) is 0 Å². The first-order valence-electron chi connectivity index (χ1n) is 6.17. The molecule has 0 fully saturated rings. The van der Waals surface area contributed by atoms with Gasteiger partial charge in [0, 0.05) is 22.3 Å². The topological polar surface area (TPSA) is 72.2 Å². The molecular weight excluding hydrogens is 331 g/mol. The molecule has 0 spiro atoms. The van der Waals surface area contributed by atoms with Crippen molar-refractivity contribution in [3.8, 4) is 0 Å². The maximum Gasteiger partial charge on any atom is 0.240 e. The van der Waals surface area contributed by atoms with Gasteiger partial charge in [-0.05, 0) is 42.3 Å². The van der Waals surface area contributed by atoms with Gasteiger partial charge in [0.25, 0.3) is 0 Å². The lowest BCUT2D eigenvalue weighted by Crippen LogP contribution is -2.26. The molecule has 0 aromatic heterocycles. The smallest absolute Gasteiger partial charge is 0.240 e. The summed E-state index contributed by atoms with van der Waals surface area (Å²) >= 11 is 11.8. The fraction of sp³-hybridized carbons (Fsp3) is 0.143. The highest BCUT2D eigenvalue weighted by Crippen LogP contribution is 2.21. The van der Waals surface area contributed by atoms with Gasteiger partial charge in [0.2, 0.25) is 10.0 Å². The molecule has 0 atom stereocenters. The Balaban J connectivity index is 2.02. The minimum Gasteiger partial charge on any atom is -0.399 e. The van der Waals surface area contributed by atoms with Gasteiger partial charge >= 0.3 is 0 Å². The van der Waals surface area contributed by atoms with Crippen LogP contribution < -0.4 is 10.5 Å². The van der Waals surface area contributed by atoms with Gasteiger partial charge in [-0.1, -0.05) is 35.3 Å². The molecule has 0 saturated carbocycles. The Morgan fingerprint density at radius 1 is 1.10 bits per heavy atom. The molecule has 0 bridgehead atoms. The first kappa shape index (κ1) is 16.1. The van der Waals surface area contributed by atoms with Crippen molar-refractivity contribution < 1.29 is 8.42 Å². The van der Waals surface area contributed by atoms with Crippen LogP contribution in [0.5, 0.6) is 0 Å². The number of benzene rings is 2. The van der Waals surface area contributed by atoms with Crippen LogP contribution >= 0.6 is 23.2 Å². The monoisotopic (exact) mass is 344 g/mol. The molecule has 0 heterocycles. The third-order valence-electron chi connectivity index (χ3n) is 2.87. The summed E-state index contributed by atoms with van der Waals surface area (Å²) in [4.78, 5) is 0.143. The van der Waals surface area contributed by atoms with Crippen LogP contribution in [0.2, 0.25) is 10.0 Å². The molecule has 0 aliphatic rings. The lowest BCUT2D eigenvalue weighted by atomic mass is 10.1. The molecular formula is C14H14Cl2N2O2S. The molecule has 2 aromatic rings. The number of nitrogen functional groups attached to an aromatic ring is 1.